The fourth-order valence-electron chi connectivity index (χ4n) is 1.74. The monoisotopic (exact) mass is 223 g/mol. The molecule has 2 aromatic carbocycles. The van der Waals surface area contributed by atoms with Crippen molar-refractivity contribution in [3.8, 4) is 0 Å². The number of hydrogen-bond donors (Lipinski definition) is 0. The van der Waals surface area contributed by atoms with Crippen LogP contribution in [-0.2, 0) is 0 Å². The summed E-state index contributed by atoms with van der Waals surface area (Å²) in [5.41, 5.74) is 3.96. The molecule has 1 nitrogen and oxygen atoms in total. The van der Waals surface area contributed by atoms with Crippen molar-refractivity contribution in [1.82, 2.24) is 0 Å². The molecule has 0 saturated carbocycles. The molecule has 1 aliphatic heterocycles. The van der Waals surface area contributed by atoms with Gasteiger partial charge in [-0.3, -0.25) is 0 Å². The van der Waals surface area contributed by atoms with Gasteiger partial charge < -0.3 is 0 Å². The molecule has 1 heterocycles. The molecule has 1 aliphatic rings. The van der Waals surface area contributed by atoms with E-state index in [9.17, 15) is 0 Å². The lowest BCUT2D eigenvalue weighted by molar-refractivity contribution is 1.15. The summed E-state index contributed by atoms with van der Waals surface area (Å²) >= 11 is 1.75. The minimum Gasteiger partial charge on any atom is -0.245 e. The van der Waals surface area contributed by atoms with Gasteiger partial charge in [0.05, 0.1) is 11.0 Å². The van der Waals surface area contributed by atoms with Gasteiger partial charge in [-0.1, -0.05) is 36.5 Å². The highest BCUT2D eigenvalue weighted by Gasteiger charge is 2.10. The Morgan fingerprint density at radius 3 is 2.69 bits per heavy atom. The summed E-state index contributed by atoms with van der Waals surface area (Å²) in [6.07, 6.45) is 0. The molecule has 0 amide bonds. The molecule has 0 N–H and O–H groups in total. The van der Waals surface area contributed by atoms with Gasteiger partial charge >= 0.3 is 0 Å². The largest absolute Gasteiger partial charge is 0.245 e. The van der Waals surface area contributed by atoms with Gasteiger partial charge in [-0.15, -0.1) is 5.73 Å². The molecule has 3 rings (SSSR count). The fourth-order valence-corrected chi connectivity index (χ4v) is 2.74. The third-order valence-electron chi connectivity index (χ3n) is 2.51. The van der Waals surface area contributed by atoms with Crippen LogP contribution in [0.5, 0.6) is 0 Å². The summed E-state index contributed by atoms with van der Waals surface area (Å²) < 4.78 is 0. The molecule has 0 aliphatic carbocycles. The molecule has 2 aromatic rings. The number of hydrogen-bond acceptors (Lipinski definition) is 2. The smallest absolute Gasteiger partial charge is 0.0926 e. The van der Waals surface area contributed by atoms with Crippen molar-refractivity contribution < 1.29 is 0 Å². The van der Waals surface area contributed by atoms with Gasteiger partial charge in [-0.25, -0.2) is 4.99 Å². The van der Waals surface area contributed by atoms with E-state index in [1.807, 2.05) is 30.3 Å². The lowest BCUT2D eigenvalue weighted by Gasteiger charge is -2.11. The van der Waals surface area contributed by atoms with E-state index >= 15 is 0 Å². The van der Waals surface area contributed by atoms with E-state index in [1.54, 1.807) is 11.8 Å². The van der Waals surface area contributed by atoms with Crippen LogP contribution in [0.4, 0.5) is 5.69 Å². The Hall–Kier alpha value is -1.76. The van der Waals surface area contributed by atoms with E-state index in [1.165, 1.54) is 9.79 Å². The molecule has 0 spiro atoms. The fraction of sp³-hybridized carbons (Fsp3) is 0. The molecule has 0 radical (unpaired) electrons. The SMILES string of the molecule is C=C=c1cccc2c1=Nc1ccccc1S2. The van der Waals surface area contributed by atoms with Crippen molar-refractivity contribution >= 4 is 23.2 Å². The Kier molecular flexibility index (Phi) is 2.17. The van der Waals surface area contributed by atoms with Gasteiger partial charge in [0.15, 0.2) is 0 Å². The summed E-state index contributed by atoms with van der Waals surface area (Å²) in [7, 11) is 0. The molecular weight excluding hydrogens is 214 g/mol. The summed E-state index contributed by atoms with van der Waals surface area (Å²) in [4.78, 5) is 7.03. The molecule has 0 bridgehead atoms. The maximum Gasteiger partial charge on any atom is 0.0926 e. The number of rotatable bonds is 0. The van der Waals surface area contributed by atoms with E-state index in [0.717, 1.165) is 16.3 Å². The first-order valence-corrected chi connectivity index (χ1v) is 5.85. The van der Waals surface area contributed by atoms with Crippen molar-refractivity contribution in [3.63, 3.8) is 0 Å². The van der Waals surface area contributed by atoms with Crippen molar-refractivity contribution in [2.24, 2.45) is 4.99 Å². The van der Waals surface area contributed by atoms with Gasteiger partial charge in [-0.2, -0.15) is 0 Å². The topological polar surface area (TPSA) is 12.4 Å². The van der Waals surface area contributed by atoms with Crippen LogP contribution in [0.25, 0.3) is 5.73 Å². The van der Waals surface area contributed by atoms with Gasteiger partial charge in [0.2, 0.25) is 0 Å². The molecule has 0 unspecified atom stereocenters. The summed E-state index contributed by atoms with van der Waals surface area (Å²) in [5.74, 6) is 0. The molecule has 0 saturated heterocycles. The van der Waals surface area contributed by atoms with E-state index in [4.69, 9.17) is 0 Å². The normalized spacial score (nSPS) is 12.0. The quantitative estimate of drug-likeness (QED) is 0.571. The Labute approximate surface area is 97.9 Å². The van der Waals surface area contributed by atoms with Crippen LogP contribution < -0.4 is 10.6 Å². The predicted molar refractivity (Wildman–Crippen MR) is 66.5 cm³/mol. The van der Waals surface area contributed by atoms with E-state index < -0.39 is 0 Å². The van der Waals surface area contributed by atoms with Crippen molar-refractivity contribution in [2.75, 3.05) is 0 Å². The van der Waals surface area contributed by atoms with E-state index in [-0.39, 0.29) is 0 Å². The van der Waals surface area contributed by atoms with Crippen LogP contribution in [0.15, 0.2) is 63.8 Å². The average Bonchev–Trinajstić information content (AvgIpc) is 2.35. The van der Waals surface area contributed by atoms with Gasteiger partial charge in [0, 0.05) is 15.0 Å². The minimum atomic E-state index is 0.972. The van der Waals surface area contributed by atoms with Crippen LogP contribution in [0.1, 0.15) is 0 Å². The highest BCUT2D eigenvalue weighted by Crippen LogP contribution is 2.35. The average molecular weight is 223 g/mol. The second-order valence-electron chi connectivity index (χ2n) is 3.51. The zero-order valence-electron chi connectivity index (χ0n) is 8.60. The van der Waals surface area contributed by atoms with E-state index in [2.05, 4.69) is 29.4 Å². The first-order chi connectivity index (χ1) is 7.88. The zero-order valence-corrected chi connectivity index (χ0v) is 9.42. The van der Waals surface area contributed by atoms with Crippen LogP contribution in [-0.4, -0.2) is 0 Å². The highest BCUT2D eigenvalue weighted by atomic mass is 32.2. The van der Waals surface area contributed by atoms with Crippen molar-refractivity contribution in [1.29, 1.82) is 0 Å². The molecule has 0 fully saturated rings. The predicted octanol–water partition coefficient (Wildman–Crippen LogP) is 2.67. The molecular formula is C14H9NS. The van der Waals surface area contributed by atoms with Crippen LogP contribution in [0, 0.1) is 0 Å². The minimum absolute atomic E-state index is 0.972. The maximum absolute atomic E-state index is 4.66. The van der Waals surface area contributed by atoms with E-state index in [0.29, 0.717) is 0 Å². The standard InChI is InChI=1S/C14H9NS/c1-2-10-6-5-9-13-14(10)15-11-7-3-4-8-12(11)16-13/h3-9H,1H2. The lowest BCUT2D eigenvalue weighted by atomic mass is 10.2. The Balaban J connectivity index is 2.44. The molecule has 0 atom stereocenters. The van der Waals surface area contributed by atoms with Gasteiger partial charge in [0.1, 0.15) is 0 Å². The van der Waals surface area contributed by atoms with Crippen molar-refractivity contribution in [3.05, 3.63) is 59.6 Å². The molecule has 16 heavy (non-hydrogen) atoms. The van der Waals surface area contributed by atoms with Gasteiger partial charge in [0.25, 0.3) is 0 Å². The number of nitrogens with zero attached hydrogens (tertiary/aromatic N) is 1. The number of benzene rings is 2. The molecule has 2 heteroatoms. The highest BCUT2D eigenvalue weighted by molar-refractivity contribution is 7.99. The maximum atomic E-state index is 4.66. The zero-order chi connectivity index (χ0) is 11.0. The lowest BCUT2D eigenvalue weighted by Crippen LogP contribution is -2.26. The summed E-state index contributed by atoms with van der Waals surface area (Å²) in [5, 5.41) is 1.96. The molecule has 76 valence electrons. The van der Waals surface area contributed by atoms with Crippen LogP contribution >= 0.6 is 11.8 Å². The van der Waals surface area contributed by atoms with Crippen molar-refractivity contribution in [2.45, 2.75) is 9.79 Å². The first kappa shape index (κ1) is 9.46. The third kappa shape index (κ3) is 1.40. The number of para-hydroxylation sites is 2. The first-order valence-electron chi connectivity index (χ1n) is 5.03. The summed E-state index contributed by atoms with van der Waals surface area (Å²) in [6.45, 7) is 3.70. The van der Waals surface area contributed by atoms with Gasteiger partial charge in [-0.05, 0) is 24.3 Å². The Morgan fingerprint density at radius 1 is 1.00 bits per heavy atom. The second-order valence-corrected chi connectivity index (χ2v) is 4.59. The number of fused-ring (bicyclic) bond motifs is 2. The Bertz CT molecular complexity index is 697. The second kappa shape index (κ2) is 3.67. The van der Waals surface area contributed by atoms with Crippen LogP contribution in [0.3, 0.4) is 0 Å². The molecule has 0 aromatic heterocycles. The Morgan fingerprint density at radius 2 is 1.81 bits per heavy atom. The summed E-state index contributed by atoms with van der Waals surface area (Å²) in [6, 6.07) is 14.3. The van der Waals surface area contributed by atoms with Crippen LogP contribution in [0.2, 0.25) is 0 Å². The third-order valence-corrected chi connectivity index (χ3v) is 3.62.